The molecule has 0 saturated heterocycles. The predicted octanol–water partition coefficient (Wildman–Crippen LogP) is 5.22. The van der Waals surface area contributed by atoms with Crippen LogP contribution < -0.4 is 10.1 Å². The standard InChI is InChI=1S/C26H27ClN4O2/c1-19-17-21(10-11-22(19)27)33-16-5-4-15-31-24-9-3-2-8-23(24)30-25(31)12-14-29-26(32)20-7-6-13-28-18-20/h2-3,6-11,13,17-18H,4-5,12,14-16H2,1H3,(H,29,32). The maximum atomic E-state index is 12.3. The summed E-state index contributed by atoms with van der Waals surface area (Å²) in [5, 5.41) is 3.71. The van der Waals surface area contributed by atoms with Crippen LogP contribution >= 0.6 is 11.6 Å². The summed E-state index contributed by atoms with van der Waals surface area (Å²) in [7, 11) is 0. The van der Waals surface area contributed by atoms with E-state index in [1.54, 1.807) is 24.5 Å². The lowest BCUT2D eigenvalue weighted by Gasteiger charge is -2.11. The Morgan fingerprint density at radius 1 is 1.12 bits per heavy atom. The molecular weight excluding hydrogens is 436 g/mol. The van der Waals surface area contributed by atoms with E-state index in [0.29, 0.717) is 25.1 Å². The number of nitrogens with zero attached hydrogens (tertiary/aromatic N) is 3. The fraction of sp³-hybridized carbons (Fsp3) is 0.269. The normalized spacial score (nSPS) is 11.0. The molecule has 0 saturated carbocycles. The number of pyridine rings is 1. The SMILES string of the molecule is Cc1cc(OCCCCn2c(CCNC(=O)c3cccnc3)nc3ccccc32)ccc1Cl. The van der Waals surface area contributed by atoms with Crippen molar-refractivity contribution in [2.75, 3.05) is 13.2 Å². The van der Waals surface area contributed by atoms with Crippen molar-refractivity contribution < 1.29 is 9.53 Å². The van der Waals surface area contributed by atoms with Crippen LogP contribution in [0.5, 0.6) is 5.75 Å². The van der Waals surface area contributed by atoms with Crippen molar-refractivity contribution in [2.45, 2.75) is 32.7 Å². The molecular formula is C26H27ClN4O2. The van der Waals surface area contributed by atoms with Gasteiger partial charge in [-0.2, -0.15) is 0 Å². The number of ether oxygens (including phenoxy) is 1. The molecule has 0 radical (unpaired) electrons. The Kier molecular flexibility index (Phi) is 7.58. The summed E-state index contributed by atoms with van der Waals surface area (Å²) in [5.74, 6) is 1.69. The van der Waals surface area contributed by atoms with E-state index in [1.807, 2.05) is 43.3 Å². The molecule has 33 heavy (non-hydrogen) atoms. The van der Waals surface area contributed by atoms with Gasteiger partial charge in [-0.25, -0.2) is 4.98 Å². The van der Waals surface area contributed by atoms with Gasteiger partial charge in [-0.1, -0.05) is 23.7 Å². The molecule has 0 unspecified atom stereocenters. The second kappa shape index (κ2) is 11.0. The summed E-state index contributed by atoms with van der Waals surface area (Å²) in [6.45, 7) is 3.97. The quantitative estimate of drug-likeness (QED) is 0.328. The second-order valence-electron chi connectivity index (χ2n) is 7.88. The molecule has 6 nitrogen and oxygen atoms in total. The largest absolute Gasteiger partial charge is 0.494 e. The van der Waals surface area contributed by atoms with Gasteiger partial charge in [0.1, 0.15) is 11.6 Å². The number of nitrogens with one attached hydrogen (secondary N) is 1. The number of para-hydroxylation sites is 2. The summed E-state index contributed by atoms with van der Waals surface area (Å²) >= 11 is 6.08. The fourth-order valence-corrected chi connectivity index (χ4v) is 3.84. The van der Waals surface area contributed by atoms with Crippen LogP contribution in [-0.2, 0) is 13.0 Å². The molecule has 0 atom stereocenters. The van der Waals surface area contributed by atoms with Gasteiger partial charge in [0.05, 0.1) is 23.2 Å². The molecule has 0 bridgehead atoms. The molecule has 7 heteroatoms. The lowest BCUT2D eigenvalue weighted by molar-refractivity contribution is 0.0953. The zero-order valence-electron chi connectivity index (χ0n) is 18.6. The molecule has 2 heterocycles. The maximum absolute atomic E-state index is 12.3. The van der Waals surface area contributed by atoms with Crippen LogP contribution in [0.25, 0.3) is 11.0 Å². The van der Waals surface area contributed by atoms with Crippen molar-refractivity contribution in [2.24, 2.45) is 0 Å². The number of hydrogen-bond donors (Lipinski definition) is 1. The number of amides is 1. The number of carbonyl (C=O) groups excluding carboxylic acids is 1. The number of fused-ring (bicyclic) bond motifs is 1. The summed E-state index contributed by atoms with van der Waals surface area (Å²) < 4.78 is 8.12. The number of aryl methyl sites for hydroxylation is 2. The highest BCUT2D eigenvalue weighted by Gasteiger charge is 2.11. The summed E-state index contributed by atoms with van der Waals surface area (Å²) in [6.07, 6.45) is 5.76. The number of benzene rings is 2. The predicted molar refractivity (Wildman–Crippen MR) is 131 cm³/mol. The van der Waals surface area contributed by atoms with Gasteiger partial charge in [-0.05, 0) is 67.8 Å². The number of aromatic nitrogens is 3. The van der Waals surface area contributed by atoms with Gasteiger partial charge in [0.2, 0.25) is 0 Å². The summed E-state index contributed by atoms with van der Waals surface area (Å²) in [6, 6.07) is 17.4. The van der Waals surface area contributed by atoms with Crippen LogP contribution in [0.4, 0.5) is 0 Å². The molecule has 0 aliphatic heterocycles. The summed E-state index contributed by atoms with van der Waals surface area (Å²) in [5.41, 5.74) is 3.65. The highest BCUT2D eigenvalue weighted by Crippen LogP contribution is 2.21. The number of unbranched alkanes of at least 4 members (excludes halogenated alkanes) is 1. The smallest absolute Gasteiger partial charge is 0.252 e. The van der Waals surface area contributed by atoms with E-state index in [2.05, 4.69) is 20.9 Å². The van der Waals surface area contributed by atoms with Crippen LogP contribution in [0.1, 0.15) is 34.6 Å². The minimum absolute atomic E-state index is 0.125. The minimum atomic E-state index is -0.125. The van der Waals surface area contributed by atoms with Gasteiger partial charge in [-0.15, -0.1) is 0 Å². The Hall–Kier alpha value is -3.38. The molecule has 2 aromatic heterocycles. The van der Waals surface area contributed by atoms with E-state index in [-0.39, 0.29) is 5.91 Å². The second-order valence-corrected chi connectivity index (χ2v) is 8.29. The topological polar surface area (TPSA) is 69.0 Å². The molecule has 170 valence electrons. The lowest BCUT2D eigenvalue weighted by atomic mass is 10.2. The molecule has 1 N–H and O–H groups in total. The van der Waals surface area contributed by atoms with E-state index in [1.165, 1.54) is 0 Å². The molecule has 4 rings (SSSR count). The average molecular weight is 463 g/mol. The van der Waals surface area contributed by atoms with Crippen LogP contribution in [0.2, 0.25) is 5.02 Å². The third-order valence-electron chi connectivity index (χ3n) is 5.47. The number of carbonyl (C=O) groups is 1. The Morgan fingerprint density at radius 2 is 2.00 bits per heavy atom. The molecule has 0 fully saturated rings. The van der Waals surface area contributed by atoms with Gasteiger partial charge in [0.15, 0.2) is 0 Å². The van der Waals surface area contributed by atoms with Gasteiger partial charge in [0.25, 0.3) is 5.91 Å². The zero-order chi connectivity index (χ0) is 23.0. The van der Waals surface area contributed by atoms with Gasteiger partial charge >= 0.3 is 0 Å². The fourth-order valence-electron chi connectivity index (χ4n) is 3.72. The van der Waals surface area contributed by atoms with Crippen LogP contribution in [0.15, 0.2) is 67.0 Å². The first-order valence-electron chi connectivity index (χ1n) is 11.1. The van der Waals surface area contributed by atoms with Crippen LogP contribution in [-0.4, -0.2) is 33.6 Å². The van der Waals surface area contributed by atoms with Gasteiger partial charge in [-0.3, -0.25) is 9.78 Å². The van der Waals surface area contributed by atoms with E-state index in [9.17, 15) is 4.79 Å². The van der Waals surface area contributed by atoms with E-state index in [4.69, 9.17) is 21.3 Å². The van der Waals surface area contributed by atoms with Gasteiger partial charge in [0, 0.05) is 36.9 Å². The van der Waals surface area contributed by atoms with Crippen molar-refractivity contribution in [3.63, 3.8) is 0 Å². The molecule has 1 amide bonds. The first-order valence-corrected chi connectivity index (χ1v) is 11.5. The van der Waals surface area contributed by atoms with Crippen molar-refractivity contribution in [3.05, 3.63) is 89.0 Å². The van der Waals surface area contributed by atoms with E-state index in [0.717, 1.165) is 52.6 Å². The lowest BCUT2D eigenvalue weighted by Crippen LogP contribution is -2.26. The summed E-state index contributed by atoms with van der Waals surface area (Å²) in [4.78, 5) is 21.1. The minimum Gasteiger partial charge on any atom is -0.494 e. The van der Waals surface area contributed by atoms with Crippen molar-refractivity contribution >= 4 is 28.5 Å². The number of imidazole rings is 1. The highest BCUT2D eigenvalue weighted by atomic mass is 35.5. The van der Waals surface area contributed by atoms with Crippen molar-refractivity contribution in [3.8, 4) is 5.75 Å². The van der Waals surface area contributed by atoms with E-state index < -0.39 is 0 Å². The Balaban J connectivity index is 1.32. The van der Waals surface area contributed by atoms with Crippen molar-refractivity contribution in [1.82, 2.24) is 19.9 Å². The Labute approximate surface area is 198 Å². The maximum Gasteiger partial charge on any atom is 0.252 e. The molecule has 0 aliphatic rings. The first-order chi connectivity index (χ1) is 16.1. The molecule has 2 aromatic carbocycles. The average Bonchev–Trinajstić information content (AvgIpc) is 3.19. The number of rotatable bonds is 10. The number of hydrogen-bond acceptors (Lipinski definition) is 4. The molecule has 4 aromatic rings. The van der Waals surface area contributed by atoms with E-state index >= 15 is 0 Å². The number of halogens is 1. The third kappa shape index (κ3) is 5.90. The van der Waals surface area contributed by atoms with Crippen LogP contribution in [0.3, 0.4) is 0 Å². The van der Waals surface area contributed by atoms with Crippen molar-refractivity contribution in [1.29, 1.82) is 0 Å². The Bertz CT molecular complexity index is 1220. The zero-order valence-corrected chi connectivity index (χ0v) is 19.4. The third-order valence-corrected chi connectivity index (χ3v) is 5.89. The molecule has 0 aliphatic carbocycles. The monoisotopic (exact) mass is 462 g/mol. The molecule has 0 spiro atoms. The van der Waals surface area contributed by atoms with Gasteiger partial charge < -0.3 is 14.6 Å². The Morgan fingerprint density at radius 3 is 2.82 bits per heavy atom. The highest BCUT2D eigenvalue weighted by molar-refractivity contribution is 6.31. The first kappa shape index (κ1) is 22.8. The van der Waals surface area contributed by atoms with Crippen LogP contribution in [0, 0.1) is 6.92 Å².